The zero-order valence-electron chi connectivity index (χ0n) is 12.2. The Morgan fingerprint density at radius 3 is 2.52 bits per heavy atom. The summed E-state index contributed by atoms with van der Waals surface area (Å²) in [4.78, 5) is 11.4. The van der Waals surface area contributed by atoms with Crippen molar-refractivity contribution in [3.05, 3.63) is 23.2 Å². The third-order valence-electron chi connectivity index (χ3n) is 2.79. The third-order valence-corrected chi connectivity index (χ3v) is 5.00. The fourth-order valence-electron chi connectivity index (χ4n) is 1.67. The van der Waals surface area contributed by atoms with Crippen molar-refractivity contribution in [2.75, 3.05) is 26.7 Å². The molecule has 0 heterocycles. The van der Waals surface area contributed by atoms with Crippen LogP contribution in [-0.2, 0) is 14.8 Å². The van der Waals surface area contributed by atoms with E-state index in [1.165, 1.54) is 25.2 Å². The standard InChI is InChI=1S/C13H19ClN2O4S/c1-4-16(9-13(17)15-3)21(18,19)10-6-7-12(20-5-2)11(14)8-10/h6-8H,4-5,9H2,1-3H3,(H,15,17). The van der Waals surface area contributed by atoms with Gasteiger partial charge in [0.05, 0.1) is 23.1 Å². The number of carbonyl (C=O) groups excluding carboxylic acids is 1. The zero-order chi connectivity index (χ0) is 16.0. The quantitative estimate of drug-likeness (QED) is 0.819. The van der Waals surface area contributed by atoms with E-state index in [0.717, 1.165) is 4.31 Å². The Balaban J connectivity index is 3.11. The normalized spacial score (nSPS) is 11.5. The van der Waals surface area contributed by atoms with Gasteiger partial charge in [-0.3, -0.25) is 4.79 Å². The van der Waals surface area contributed by atoms with Crippen molar-refractivity contribution in [3.63, 3.8) is 0 Å². The number of likely N-dealkylation sites (N-methyl/N-ethyl adjacent to an activating group) is 2. The number of nitrogens with one attached hydrogen (secondary N) is 1. The Bertz CT molecular complexity index is 604. The first kappa shape index (κ1) is 17.7. The minimum atomic E-state index is -3.78. The van der Waals surface area contributed by atoms with E-state index in [2.05, 4.69) is 5.32 Å². The largest absolute Gasteiger partial charge is 0.492 e. The van der Waals surface area contributed by atoms with Gasteiger partial charge >= 0.3 is 0 Å². The van der Waals surface area contributed by atoms with E-state index in [4.69, 9.17) is 16.3 Å². The van der Waals surface area contributed by atoms with Crippen LogP contribution in [0.4, 0.5) is 0 Å². The molecule has 0 aromatic heterocycles. The molecule has 1 rings (SSSR count). The van der Waals surface area contributed by atoms with Crippen LogP contribution in [0.25, 0.3) is 0 Å². The number of ether oxygens (including phenoxy) is 1. The molecular weight excluding hydrogens is 316 g/mol. The predicted octanol–water partition coefficient (Wildman–Crippen LogP) is 1.50. The van der Waals surface area contributed by atoms with Crippen molar-refractivity contribution in [2.24, 2.45) is 0 Å². The molecule has 0 aliphatic carbocycles. The SMILES string of the molecule is CCOc1ccc(S(=O)(=O)N(CC)CC(=O)NC)cc1Cl. The molecule has 1 aromatic carbocycles. The lowest BCUT2D eigenvalue weighted by molar-refractivity contribution is -0.120. The van der Waals surface area contributed by atoms with Gasteiger partial charge < -0.3 is 10.1 Å². The van der Waals surface area contributed by atoms with E-state index in [9.17, 15) is 13.2 Å². The second-order valence-corrected chi connectivity index (χ2v) is 6.47. The van der Waals surface area contributed by atoms with Gasteiger partial charge in [-0.05, 0) is 25.1 Å². The van der Waals surface area contributed by atoms with Gasteiger partial charge in [0.25, 0.3) is 0 Å². The summed E-state index contributed by atoms with van der Waals surface area (Å²) in [7, 11) is -2.32. The molecule has 6 nitrogen and oxygen atoms in total. The summed E-state index contributed by atoms with van der Waals surface area (Å²) in [6.45, 7) is 3.85. The Morgan fingerprint density at radius 2 is 2.05 bits per heavy atom. The molecule has 0 fully saturated rings. The van der Waals surface area contributed by atoms with Gasteiger partial charge in [0.1, 0.15) is 5.75 Å². The molecule has 0 spiro atoms. The highest BCUT2D eigenvalue weighted by Gasteiger charge is 2.25. The number of hydrogen-bond donors (Lipinski definition) is 1. The second-order valence-electron chi connectivity index (χ2n) is 4.13. The highest BCUT2D eigenvalue weighted by atomic mass is 35.5. The molecule has 0 saturated heterocycles. The fourth-order valence-corrected chi connectivity index (χ4v) is 3.40. The number of hydrogen-bond acceptors (Lipinski definition) is 4. The van der Waals surface area contributed by atoms with E-state index in [1.54, 1.807) is 6.92 Å². The van der Waals surface area contributed by atoms with Crippen LogP contribution in [0, 0.1) is 0 Å². The fraction of sp³-hybridized carbons (Fsp3) is 0.462. The van der Waals surface area contributed by atoms with Crippen LogP contribution in [0.2, 0.25) is 5.02 Å². The van der Waals surface area contributed by atoms with Gasteiger partial charge in [-0.1, -0.05) is 18.5 Å². The summed E-state index contributed by atoms with van der Waals surface area (Å²) in [6.07, 6.45) is 0. The molecule has 0 aliphatic heterocycles. The van der Waals surface area contributed by atoms with E-state index in [1.807, 2.05) is 6.92 Å². The molecular formula is C13H19ClN2O4S. The lowest BCUT2D eigenvalue weighted by atomic mass is 10.3. The smallest absolute Gasteiger partial charge is 0.243 e. The Hall–Kier alpha value is -1.31. The minimum Gasteiger partial charge on any atom is -0.492 e. The molecule has 0 aliphatic rings. The van der Waals surface area contributed by atoms with E-state index in [0.29, 0.717) is 12.4 Å². The summed E-state index contributed by atoms with van der Waals surface area (Å²) < 4.78 is 31.3. The number of halogens is 1. The first-order chi connectivity index (χ1) is 9.86. The van der Waals surface area contributed by atoms with Crippen LogP contribution in [0.3, 0.4) is 0 Å². The van der Waals surface area contributed by atoms with Gasteiger partial charge in [0, 0.05) is 13.6 Å². The van der Waals surface area contributed by atoms with Crippen LogP contribution < -0.4 is 10.1 Å². The molecule has 0 atom stereocenters. The molecule has 1 N–H and O–H groups in total. The number of rotatable bonds is 7. The predicted molar refractivity (Wildman–Crippen MR) is 81.1 cm³/mol. The molecule has 1 aromatic rings. The molecule has 21 heavy (non-hydrogen) atoms. The number of benzene rings is 1. The Morgan fingerprint density at radius 1 is 1.38 bits per heavy atom. The maximum Gasteiger partial charge on any atom is 0.243 e. The Kier molecular flexibility index (Phi) is 6.44. The maximum atomic E-state index is 12.5. The molecule has 0 radical (unpaired) electrons. The van der Waals surface area contributed by atoms with Gasteiger partial charge in [-0.15, -0.1) is 0 Å². The summed E-state index contributed by atoms with van der Waals surface area (Å²) in [5.74, 6) is 0.0462. The van der Waals surface area contributed by atoms with Crippen molar-refractivity contribution in [3.8, 4) is 5.75 Å². The minimum absolute atomic E-state index is 0.0294. The van der Waals surface area contributed by atoms with Crippen molar-refractivity contribution < 1.29 is 17.9 Å². The van der Waals surface area contributed by atoms with Crippen LogP contribution in [-0.4, -0.2) is 45.4 Å². The molecule has 118 valence electrons. The van der Waals surface area contributed by atoms with Crippen molar-refractivity contribution >= 4 is 27.5 Å². The lowest BCUT2D eigenvalue weighted by Crippen LogP contribution is -2.39. The number of amides is 1. The van der Waals surface area contributed by atoms with Gasteiger partial charge in [-0.25, -0.2) is 8.42 Å². The average molecular weight is 335 g/mol. The number of nitrogens with zero attached hydrogens (tertiary/aromatic N) is 1. The molecule has 8 heteroatoms. The Labute approximate surface area is 130 Å². The van der Waals surface area contributed by atoms with Crippen LogP contribution in [0.1, 0.15) is 13.8 Å². The summed E-state index contributed by atoms with van der Waals surface area (Å²) in [5.41, 5.74) is 0. The summed E-state index contributed by atoms with van der Waals surface area (Å²) >= 11 is 6.01. The zero-order valence-corrected chi connectivity index (χ0v) is 13.8. The second kappa shape index (κ2) is 7.63. The maximum absolute atomic E-state index is 12.5. The number of sulfonamides is 1. The average Bonchev–Trinajstić information content (AvgIpc) is 2.46. The topological polar surface area (TPSA) is 75.7 Å². The van der Waals surface area contributed by atoms with E-state index < -0.39 is 10.0 Å². The van der Waals surface area contributed by atoms with Crippen molar-refractivity contribution in [1.82, 2.24) is 9.62 Å². The molecule has 0 saturated carbocycles. The van der Waals surface area contributed by atoms with Gasteiger partial charge in [0.2, 0.25) is 15.9 Å². The van der Waals surface area contributed by atoms with E-state index in [-0.39, 0.29) is 28.9 Å². The highest BCUT2D eigenvalue weighted by molar-refractivity contribution is 7.89. The van der Waals surface area contributed by atoms with Crippen LogP contribution in [0.15, 0.2) is 23.1 Å². The molecule has 0 unspecified atom stereocenters. The molecule has 1 amide bonds. The van der Waals surface area contributed by atoms with Gasteiger partial charge in [-0.2, -0.15) is 4.31 Å². The van der Waals surface area contributed by atoms with Crippen LogP contribution >= 0.6 is 11.6 Å². The van der Waals surface area contributed by atoms with Crippen molar-refractivity contribution in [2.45, 2.75) is 18.7 Å². The van der Waals surface area contributed by atoms with Gasteiger partial charge in [0.15, 0.2) is 0 Å². The monoisotopic (exact) mass is 334 g/mol. The summed E-state index contributed by atoms with van der Waals surface area (Å²) in [5, 5.41) is 2.62. The lowest BCUT2D eigenvalue weighted by Gasteiger charge is -2.20. The highest BCUT2D eigenvalue weighted by Crippen LogP contribution is 2.28. The third kappa shape index (κ3) is 4.33. The number of carbonyl (C=O) groups is 1. The van der Waals surface area contributed by atoms with Crippen LogP contribution in [0.5, 0.6) is 5.75 Å². The van der Waals surface area contributed by atoms with E-state index >= 15 is 0 Å². The first-order valence-corrected chi connectivity index (χ1v) is 8.31. The van der Waals surface area contributed by atoms with Crippen molar-refractivity contribution in [1.29, 1.82) is 0 Å². The first-order valence-electron chi connectivity index (χ1n) is 6.49. The molecule has 0 bridgehead atoms. The summed E-state index contributed by atoms with van der Waals surface area (Å²) in [6, 6.07) is 4.25.